The first-order chi connectivity index (χ1) is 5.25. The molecule has 72 valence electrons. The van der Waals surface area contributed by atoms with Gasteiger partial charge < -0.3 is 0 Å². The molecule has 0 aromatic rings. The van der Waals surface area contributed by atoms with Crippen LogP contribution in [0.5, 0.6) is 0 Å². The topological polar surface area (TPSA) is 17.1 Å². The molecular weight excluding hydrogens is 148 g/mol. The van der Waals surface area contributed by atoms with Crippen molar-refractivity contribution in [1.82, 2.24) is 0 Å². The van der Waals surface area contributed by atoms with Crippen LogP contribution in [0, 0.1) is 17.3 Å². The van der Waals surface area contributed by atoms with Gasteiger partial charge in [0.2, 0.25) is 0 Å². The van der Waals surface area contributed by atoms with Gasteiger partial charge >= 0.3 is 0 Å². The monoisotopic (exact) mass is 170 g/mol. The normalized spacial score (nSPS) is 14.9. The zero-order chi connectivity index (χ0) is 9.94. The Morgan fingerprint density at radius 3 is 1.83 bits per heavy atom. The fourth-order valence-electron chi connectivity index (χ4n) is 0.834. The average molecular weight is 170 g/mol. The van der Waals surface area contributed by atoms with E-state index in [0.717, 1.165) is 6.42 Å². The molecule has 0 fully saturated rings. The molecule has 0 unspecified atom stereocenters. The fourth-order valence-corrected chi connectivity index (χ4v) is 0.834. The maximum atomic E-state index is 11.6. The Morgan fingerprint density at radius 1 is 1.17 bits per heavy atom. The molecule has 1 nitrogen and oxygen atoms in total. The van der Waals surface area contributed by atoms with E-state index >= 15 is 0 Å². The number of carbonyl (C=O) groups is 1. The number of ketones is 1. The summed E-state index contributed by atoms with van der Waals surface area (Å²) in [4.78, 5) is 11.6. The first kappa shape index (κ1) is 11.7. The molecular formula is C11H22O. The maximum absolute atomic E-state index is 11.6. The van der Waals surface area contributed by atoms with E-state index in [1.807, 2.05) is 20.8 Å². The Balaban J connectivity index is 4.02. The highest BCUT2D eigenvalue weighted by atomic mass is 16.1. The molecule has 0 bridgehead atoms. The van der Waals surface area contributed by atoms with E-state index in [-0.39, 0.29) is 5.41 Å². The zero-order valence-electron chi connectivity index (χ0n) is 9.27. The van der Waals surface area contributed by atoms with Crippen molar-refractivity contribution in [3.05, 3.63) is 0 Å². The van der Waals surface area contributed by atoms with Crippen molar-refractivity contribution in [3.63, 3.8) is 0 Å². The van der Waals surface area contributed by atoms with Crippen LogP contribution in [0.2, 0.25) is 0 Å². The lowest BCUT2D eigenvalue weighted by atomic mass is 9.82. The molecule has 1 heteroatoms. The number of hydrogen-bond acceptors (Lipinski definition) is 1. The molecule has 0 spiro atoms. The third-order valence-corrected chi connectivity index (χ3v) is 2.48. The summed E-state index contributed by atoms with van der Waals surface area (Å²) in [5.74, 6) is 1.50. The quantitative estimate of drug-likeness (QED) is 0.635. The highest BCUT2D eigenvalue weighted by Gasteiger charge is 2.23. The lowest BCUT2D eigenvalue weighted by molar-refractivity contribution is -0.127. The summed E-state index contributed by atoms with van der Waals surface area (Å²) < 4.78 is 0. The van der Waals surface area contributed by atoms with Crippen LogP contribution in [0.1, 0.15) is 48.0 Å². The Kier molecular flexibility index (Phi) is 3.95. The molecule has 0 amide bonds. The minimum atomic E-state index is -0.164. The Labute approximate surface area is 76.6 Å². The van der Waals surface area contributed by atoms with Gasteiger partial charge in [0, 0.05) is 11.8 Å². The average Bonchev–Trinajstić information content (AvgIpc) is 1.85. The Bertz CT molecular complexity index is 151. The van der Waals surface area contributed by atoms with E-state index in [2.05, 4.69) is 20.8 Å². The first-order valence-corrected chi connectivity index (χ1v) is 4.78. The van der Waals surface area contributed by atoms with Gasteiger partial charge in [-0.25, -0.2) is 0 Å². The minimum absolute atomic E-state index is 0.164. The van der Waals surface area contributed by atoms with E-state index in [4.69, 9.17) is 0 Å². The predicted molar refractivity (Wildman–Crippen MR) is 53.1 cm³/mol. The second-order valence-corrected chi connectivity index (χ2v) is 5.10. The van der Waals surface area contributed by atoms with Crippen LogP contribution in [-0.2, 0) is 4.79 Å². The van der Waals surface area contributed by atoms with Crippen molar-refractivity contribution in [2.45, 2.75) is 48.0 Å². The Hall–Kier alpha value is -0.330. The van der Waals surface area contributed by atoms with Gasteiger partial charge in [0.15, 0.2) is 0 Å². The predicted octanol–water partition coefficient (Wildman–Crippen LogP) is 3.28. The third kappa shape index (κ3) is 3.89. The molecule has 0 aliphatic carbocycles. The van der Waals surface area contributed by atoms with Crippen molar-refractivity contribution >= 4 is 5.78 Å². The van der Waals surface area contributed by atoms with Crippen LogP contribution >= 0.6 is 0 Å². The van der Waals surface area contributed by atoms with Gasteiger partial charge in [-0.05, 0) is 11.8 Å². The second-order valence-electron chi connectivity index (χ2n) is 5.10. The molecule has 0 aliphatic heterocycles. The summed E-state index contributed by atoms with van der Waals surface area (Å²) in [7, 11) is 0. The number of rotatable bonds is 3. The third-order valence-electron chi connectivity index (χ3n) is 2.48. The number of carbonyl (C=O) groups excluding carboxylic acids is 1. The van der Waals surface area contributed by atoms with Gasteiger partial charge in [-0.1, -0.05) is 41.5 Å². The Morgan fingerprint density at radius 2 is 1.58 bits per heavy atom. The largest absolute Gasteiger partial charge is 0.299 e. The summed E-state index contributed by atoms with van der Waals surface area (Å²) in [6, 6.07) is 0. The molecule has 0 rings (SSSR count). The van der Waals surface area contributed by atoms with Gasteiger partial charge in [-0.3, -0.25) is 4.79 Å². The summed E-state index contributed by atoms with van der Waals surface area (Å²) in [6.07, 6.45) is 0.723. The number of Topliss-reactive ketones (excluding diaryl/α,β-unsaturated/α-hetero) is 1. The molecule has 0 saturated carbocycles. The van der Waals surface area contributed by atoms with Crippen LogP contribution < -0.4 is 0 Å². The standard InChI is InChI=1S/C11H22O/c1-8(2)9(3)7-10(12)11(4,5)6/h8-9H,7H2,1-6H3/t9-/m1/s1. The molecule has 0 aromatic carbocycles. The number of hydrogen-bond donors (Lipinski definition) is 0. The van der Waals surface area contributed by atoms with Crippen LogP contribution in [0.3, 0.4) is 0 Å². The highest BCUT2D eigenvalue weighted by molar-refractivity contribution is 5.83. The molecule has 0 N–H and O–H groups in total. The lowest BCUT2D eigenvalue weighted by Crippen LogP contribution is -2.23. The van der Waals surface area contributed by atoms with Crippen LogP contribution in [0.4, 0.5) is 0 Å². The maximum Gasteiger partial charge on any atom is 0.138 e. The molecule has 1 atom stereocenters. The molecule has 0 aliphatic rings. The van der Waals surface area contributed by atoms with Crippen molar-refractivity contribution in [1.29, 1.82) is 0 Å². The van der Waals surface area contributed by atoms with Gasteiger partial charge in [0.1, 0.15) is 5.78 Å². The van der Waals surface area contributed by atoms with E-state index in [1.54, 1.807) is 0 Å². The SMILES string of the molecule is CC(C)[C@H](C)CC(=O)C(C)(C)C. The van der Waals surface area contributed by atoms with Crippen LogP contribution in [0.25, 0.3) is 0 Å². The van der Waals surface area contributed by atoms with Gasteiger partial charge in [-0.15, -0.1) is 0 Å². The molecule has 12 heavy (non-hydrogen) atoms. The van der Waals surface area contributed by atoms with Gasteiger partial charge in [0.05, 0.1) is 0 Å². The smallest absolute Gasteiger partial charge is 0.138 e. The van der Waals surface area contributed by atoms with Crippen molar-refractivity contribution in [2.24, 2.45) is 17.3 Å². The van der Waals surface area contributed by atoms with E-state index in [1.165, 1.54) is 0 Å². The lowest BCUT2D eigenvalue weighted by Gasteiger charge is -2.21. The van der Waals surface area contributed by atoms with Crippen LogP contribution in [0.15, 0.2) is 0 Å². The molecule has 0 heterocycles. The van der Waals surface area contributed by atoms with E-state index < -0.39 is 0 Å². The van der Waals surface area contributed by atoms with Gasteiger partial charge in [0.25, 0.3) is 0 Å². The minimum Gasteiger partial charge on any atom is -0.299 e. The molecule has 0 aromatic heterocycles. The van der Waals surface area contributed by atoms with E-state index in [9.17, 15) is 4.79 Å². The highest BCUT2D eigenvalue weighted by Crippen LogP contribution is 2.23. The summed E-state index contributed by atoms with van der Waals surface area (Å²) in [6.45, 7) is 12.4. The molecule has 0 radical (unpaired) electrons. The zero-order valence-corrected chi connectivity index (χ0v) is 9.27. The summed E-state index contributed by atoms with van der Waals surface area (Å²) in [5, 5.41) is 0. The second kappa shape index (κ2) is 4.06. The summed E-state index contributed by atoms with van der Waals surface area (Å²) in [5.41, 5.74) is -0.164. The van der Waals surface area contributed by atoms with Crippen molar-refractivity contribution in [3.8, 4) is 0 Å². The van der Waals surface area contributed by atoms with Crippen molar-refractivity contribution in [2.75, 3.05) is 0 Å². The fraction of sp³-hybridized carbons (Fsp3) is 0.909. The van der Waals surface area contributed by atoms with Crippen molar-refractivity contribution < 1.29 is 4.79 Å². The summed E-state index contributed by atoms with van der Waals surface area (Å²) >= 11 is 0. The van der Waals surface area contributed by atoms with E-state index in [0.29, 0.717) is 17.6 Å². The molecule has 0 saturated heterocycles. The van der Waals surface area contributed by atoms with Gasteiger partial charge in [-0.2, -0.15) is 0 Å². The first-order valence-electron chi connectivity index (χ1n) is 4.78. The van der Waals surface area contributed by atoms with Crippen LogP contribution in [-0.4, -0.2) is 5.78 Å².